The Balaban J connectivity index is 1.78. The fourth-order valence-electron chi connectivity index (χ4n) is 3.34. The summed E-state index contributed by atoms with van der Waals surface area (Å²) in [5.41, 5.74) is 0.877. The first-order valence-electron chi connectivity index (χ1n) is 11.3. The molecule has 1 saturated heterocycles. The van der Waals surface area contributed by atoms with Gasteiger partial charge in [-0.1, -0.05) is 19.4 Å². The van der Waals surface area contributed by atoms with Crippen LogP contribution in [-0.2, 0) is 14.3 Å². The highest BCUT2D eigenvalue weighted by atomic mass is 16.5. The van der Waals surface area contributed by atoms with Crippen LogP contribution in [0, 0.1) is 0 Å². The predicted molar refractivity (Wildman–Crippen MR) is 125 cm³/mol. The van der Waals surface area contributed by atoms with Crippen LogP contribution in [-0.4, -0.2) is 88.3 Å². The molecule has 1 aromatic carbocycles. The average Bonchev–Trinajstić information content (AvgIpc) is 2.81. The summed E-state index contributed by atoms with van der Waals surface area (Å²) in [6, 6.07) is 5.66. The molecule has 0 radical (unpaired) electrons. The molecular weight excluding hydrogens is 410 g/mol. The van der Waals surface area contributed by atoms with Crippen LogP contribution in [0.15, 0.2) is 24.3 Å². The number of nitrogens with zero attached hydrogens (tertiary/aromatic N) is 2. The fourth-order valence-corrected chi connectivity index (χ4v) is 3.34. The van der Waals surface area contributed by atoms with E-state index in [4.69, 9.17) is 14.2 Å². The lowest BCUT2D eigenvalue weighted by Crippen LogP contribution is -2.50. The Kier molecular flexibility index (Phi) is 11.6. The number of rotatable bonds is 13. The number of carbonyl (C=O) groups excluding carboxylic acids is 2. The molecule has 2 rings (SSSR count). The molecule has 8 heteroatoms. The van der Waals surface area contributed by atoms with Gasteiger partial charge in [0.15, 0.2) is 11.5 Å². The zero-order valence-electron chi connectivity index (χ0n) is 19.6. The van der Waals surface area contributed by atoms with Crippen LogP contribution in [0.4, 0.5) is 0 Å². The molecule has 32 heavy (non-hydrogen) atoms. The van der Waals surface area contributed by atoms with Crippen molar-refractivity contribution in [2.75, 3.05) is 66.7 Å². The summed E-state index contributed by atoms with van der Waals surface area (Å²) in [6.45, 7) is 6.96. The first-order chi connectivity index (χ1) is 15.6. The van der Waals surface area contributed by atoms with Crippen molar-refractivity contribution in [3.8, 4) is 11.5 Å². The largest absolute Gasteiger partial charge is 0.493 e. The monoisotopic (exact) mass is 447 g/mol. The molecule has 1 aliphatic heterocycles. The van der Waals surface area contributed by atoms with Crippen LogP contribution in [0.2, 0.25) is 0 Å². The van der Waals surface area contributed by atoms with Crippen molar-refractivity contribution in [2.24, 2.45) is 0 Å². The minimum atomic E-state index is -0.0316. The molecule has 8 nitrogen and oxygen atoms in total. The summed E-state index contributed by atoms with van der Waals surface area (Å²) in [5, 5.41) is 2.89. The average molecular weight is 448 g/mol. The number of piperazine rings is 1. The third kappa shape index (κ3) is 8.88. The molecule has 2 amide bonds. The Hall–Kier alpha value is -2.58. The van der Waals surface area contributed by atoms with E-state index in [1.54, 1.807) is 26.4 Å². The van der Waals surface area contributed by atoms with Crippen molar-refractivity contribution in [1.82, 2.24) is 15.1 Å². The maximum absolute atomic E-state index is 12.6. The van der Waals surface area contributed by atoms with Gasteiger partial charge in [0.2, 0.25) is 11.8 Å². The van der Waals surface area contributed by atoms with Crippen molar-refractivity contribution < 1.29 is 23.8 Å². The SMILES string of the molecule is CCCCOc1ccc(/C=C/C(=O)N2CCN(CC(=O)NCCCOC)CC2)cc1OC. The van der Waals surface area contributed by atoms with Crippen LogP contribution >= 0.6 is 0 Å². The Morgan fingerprint density at radius 1 is 1.06 bits per heavy atom. The number of amides is 2. The summed E-state index contributed by atoms with van der Waals surface area (Å²) in [4.78, 5) is 28.4. The Morgan fingerprint density at radius 3 is 2.53 bits per heavy atom. The fraction of sp³-hybridized carbons (Fsp3) is 0.583. The number of ether oxygens (including phenoxy) is 3. The van der Waals surface area contributed by atoms with Gasteiger partial charge in [-0.3, -0.25) is 14.5 Å². The molecule has 1 aromatic rings. The number of hydrogen-bond acceptors (Lipinski definition) is 6. The standard InChI is InChI=1S/C24H37N3O5/c1-4-5-17-32-21-9-7-20(18-22(21)31-3)8-10-24(29)27-14-12-26(13-15-27)19-23(28)25-11-6-16-30-2/h7-10,18H,4-6,11-17,19H2,1-3H3,(H,25,28)/b10-8+. The first kappa shape index (κ1) is 25.7. The molecule has 1 fully saturated rings. The lowest BCUT2D eigenvalue weighted by Gasteiger charge is -2.33. The topological polar surface area (TPSA) is 80.3 Å². The van der Waals surface area contributed by atoms with Gasteiger partial charge < -0.3 is 24.4 Å². The Morgan fingerprint density at radius 2 is 1.84 bits per heavy atom. The molecular formula is C24H37N3O5. The second kappa shape index (κ2) is 14.5. The Bertz CT molecular complexity index is 745. The molecule has 0 aromatic heterocycles. The van der Waals surface area contributed by atoms with Gasteiger partial charge in [0.25, 0.3) is 0 Å². The zero-order chi connectivity index (χ0) is 23.2. The first-order valence-corrected chi connectivity index (χ1v) is 11.3. The number of unbranched alkanes of at least 4 members (excludes halogenated alkanes) is 1. The summed E-state index contributed by atoms with van der Waals surface area (Å²) in [7, 11) is 3.26. The van der Waals surface area contributed by atoms with Crippen molar-refractivity contribution >= 4 is 17.9 Å². The van der Waals surface area contributed by atoms with E-state index in [1.807, 2.05) is 23.1 Å². The number of benzene rings is 1. The Labute approximate surface area is 191 Å². The maximum Gasteiger partial charge on any atom is 0.246 e. The molecule has 0 unspecified atom stereocenters. The molecule has 0 bridgehead atoms. The normalized spacial score (nSPS) is 14.5. The minimum Gasteiger partial charge on any atom is -0.493 e. The van der Waals surface area contributed by atoms with Crippen LogP contribution < -0.4 is 14.8 Å². The number of methoxy groups -OCH3 is 2. The van der Waals surface area contributed by atoms with Gasteiger partial charge in [0, 0.05) is 52.5 Å². The van der Waals surface area contributed by atoms with Crippen molar-refractivity contribution in [3.05, 3.63) is 29.8 Å². The number of carbonyl (C=O) groups is 2. The molecule has 0 aliphatic carbocycles. The smallest absolute Gasteiger partial charge is 0.246 e. The van der Waals surface area contributed by atoms with Gasteiger partial charge in [0.05, 0.1) is 20.3 Å². The van der Waals surface area contributed by atoms with Crippen LogP contribution in [0.1, 0.15) is 31.7 Å². The van der Waals surface area contributed by atoms with Gasteiger partial charge >= 0.3 is 0 Å². The maximum atomic E-state index is 12.6. The van der Waals surface area contributed by atoms with Gasteiger partial charge in [0.1, 0.15) is 0 Å². The zero-order valence-corrected chi connectivity index (χ0v) is 19.6. The second-order valence-corrected chi connectivity index (χ2v) is 7.74. The van der Waals surface area contributed by atoms with E-state index >= 15 is 0 Å². The highest BCUT2D eigenvalue weighted by Crippen LogP contribution is 2.28. The van der Waals surface area contributed by atoms with Crippen molar-refractivity contribution in [1.29, 1.82) is 0 Å². The molecule has 178 valence electrons. The van der Waals surface area contributed by atoms with E-state index in [0.717, 1.165) is 24.8 Å². The van der Waals surface area contributed by atoms with E-state index in [1.165, 1.54) is 0 Å². The second-order valence-electron chi connectivity index (χ2n) is 7.74. The molecule has 1 heterocycles. The minimum absolute atomic E-state index is 0.0110. The lowest BCUT2D eigenvalue weighted by molar-refractivity contribution is -0.128. The lowest BCUT2D eigenvalue weighted by atomic mass is 10.1. The van der Waals surface area contributed by atoms with Gasteiger partial charge in [-0.25, -0.2) is 0 Å². The van der Waals surface area contributed by atoms with Crippen LogP contribution in [0.5, 0.6) is 11.5 Å². The highest BCUT2D eigenvalue weighted by Gasteiger charge is 2.21. The molecule has 1 aliphatic rings. The summed E-state index contributed by atoms with van der Waals surface area (Å²) in [6.07, 6.45) is 6.25. The van der Waals surface area contributed by atoms with Crippen LogP contribution in [0.25, 0.3) is 6.08 Å². The van der Waals surface area contributed by atoms with Gasteiger partial charge in [-0.15, -0.1) is 0 Å². The molecule has 0 spiro atoms. The van der Waals surface area contributed by atoms with Gasteiger partial charge in [-0.05, 0) is 36.6 Å². The summed E-state index contributed by atoms with van der Waals surface area (Å²) >= 11 is 0. The van der Waals surface area contributed by atoms with E-state index < -0.39 is 0 Å². The predicted octanol–water partition coefficient (Wildman–Crippen LogP) is 2.18. The molecule has 0 saturated carbocycles. The third-order valence-corrected chi connectivity index (χ3v) is 5.26. The molecule has 1 N–H and O–H groups in total. The van der Waals surface area contributed by atoms with Gasteiger partial charge in [-0.2, -0.15) is 0 Å². The molecule has 0 atom stereocenters. The van der Waals surface area contributed by atoms with E-state index in [2.05, 4.69) is 17.1 Å². The number of hydrogen-bond donors (Lipinski definition) is 1. The van der Waals surface area contributed by atoms with Crippen molar-refractivity contribution in [3.63, 3.8) is 0 Å². The number of nitrogens with one attached hydrogen (secondary N) is 1. The quantitative estimate of drug-likeness (QED) is 0.369. The van der Waals surface area contributed by atoms with E-state index in [-0.39, 0.29) is 11.8 Å². The summed E-state index contributed by atoms with van der Waals surface area (Å²) < 4.78 is 16.1. The third-order valence-electron chi connectivity index (χ3n) is 5.26. The van der Waals surface area contributed by atoms with Crippen LogP contribution in [0.3, 0.4) is 0 Å². The van der Waals surface area contributed by atoms with E-state index in [0.29, 0.717) is 64.0 Å². The van der Waals surface area contributed by atoms with E-state index in [9.17, 15) is 9.59 Å². The highest BCUT2D eigenvalue weighted by molar-refractivity contribution is 5.92. The van der Waals surface area contributed by atoms with Crippen molar-refractivity contribution in [2.45, 2.75) is 26.2 Å². The summed E-state index contributed by atoms with van der Waals surface area (Å²) in [5.74, 6) is 1.35.